The van der Waals surface area contributed by atoms with E-state index < -0.39 is 0 Å². The zero-order valence-corrected chi connectivity index (χ0v) is 14.3. The van der Waals surface area contributed by atoms with Crippen molar-refractivity contribution in [3.05, 3.63) is 60.2 Å². The summed E-state index contributed by atoms with van der Waals surface area (Å²) in [5.74, 6) is 0.665. The van der Waals surface area contributed by atoms with Gasteiger partial charge < -0.3 is 20.1 Å². The Hall–Kier alpha value is -3.02. The summed E-state index contributed by atoms with van der Waals surface area (Å²) in [5, 5.41) is 5.36. The summed E-state index contributed by atoms with van der Waals surface area (Å²) in [6.07, 6.45) is 0. The van der Waals surface area contributed by atoms with Gasteiger partial charge in [0.05, 0.1) is 19.7 Å². The summed E-state index contributed by atoms with van der Waals surface area (Å²) in [6.45, 7) is 1.60. The van der Waals surface area contributed by atoms with Crippen molar-refractivity contribution in [1.29, 1.82) is 0 Å². The molecule has 0 fully saturated rings. The van der Waals surface area contributed by atoms with Crippen LogP contribution >= 0.6 is 0 Å². The lowest BCUT2D eigenvalue weighted by Gasteiger charge is -2.17. The number of hydrogen-bond acceptors (Lipinski definition) is 4. The van der Waals surface area contributed by atoms with Crippen LogP contribution in [0.3, 0.4) is 0 Å². The van der Waals surface area contributed by atoms with Crippen molar-refractivity contribution in [1.82, 2.24) is 10.6 Å². The smallest absolute Gasteiger partial charge is 0.258 e. The molecule has 0 aliphatic rings. The molecule has 132 valence electrons. The molecule has 6 nitrogen and oxygen atoms in total. The van der Waals surface area contributed by atoms with Crippen molar-refractivity contribution < 1.29 is 19.1 Å². The highest BCUT2D eigenvalue weighted by molar-refractivity contribution is 5.85. The molecule has 2 rings (SSSR count). The molecule has 25 heavy (non-hydrogen) atoms. The topological polar surface area (TPSA) is 76.7 Å². The monoisotopic (exact) mass is 342 g/mol. The zero-order valence-electron chi connectivity index (χ0n) is 14.3. The average Bonchev–Trinajstić information content (AvgIpc) is 2.65. The van der Waals surface area contributed by atoms with Crippen LogP contribution in [0.1, 0.15) is 18.5 Å². The van der Waals surface area contributed by atoms with E-state index in [1.165, 1.54) is 0 Å². The van der Waals surface area contributed by atoms with E-state index in [-0.39, 0.29) is 31.0 Å². The number of carbonyl (C=O) groups excluding carboxylic acids is 2. The SMILES string of the molecule is COc1ccccc1C(C)NC(=O)CNC(=O)COc1ccccc1. The van der Waals surface area contributed by atoms with E-state index in [9.17, 15) is 9.59 Å². The minimum absolute atomic E-state index is 0.115. The van der Waals surface area contributed by atoms with Crippen LogP contribution in [0.15, 0.2) is 54.6 Å². The fraction of sp³-hybridized carbons (Fsp3) is 0.263. The van der Waals surface area contributed by atoms with Crippen molar-refractivity contribution in [3.8, 4) is 11.5 Å². The van der Waals surface area contributed by atoms with E-state index in [4.69, 9.17) is 9.47 Å². The highest BCUT2D eigenvalue weighted by Crippen LogP contribution is 2.24. The second kappa shape index (κ2) is 9.32. The van der Waals surface area contributed by atoms with E-state index in [0.717, 1.165) is 5.56 Å². The van der Waals surface area contributed by atoms with Gasteiger partial charge in [0.15, 0.2) is 6.61 Å². The maximum atomic E-state index is 12.0. The van der Waals surface area contributed by atoms with E-state index in [2.05, 4.69) is 10.6 Å². The molecule has 2 amide bonds. The molecule has 0 aromatic heterocycles. The number of carbonyl (C=O) groups is 2. The van der Waals surface area contributed by atoms with Crippen LogP contribution in [-0.2, 0) is 9.59 Å². The summed E-state index contributed by atoms with van der Waals surface area (Å²) >= 11 is 0. The average molecular weight is 342 g/mol. The van der Waals surface area contributed by atoms with Gasteiger partial charge in [-0.15, -0.1) is 0 Å². The van der Waals surface area contributed by atoms with E-state index >= 15 is 0 Å². The van der Waals surface area contributed by atoms with E-state index in [1.54, 1.807) is 19.2 Å². The third kappa shape index (κ3) is 5.84. The van der Waals surface area contributed by atoms with Gasteiger partial charge in [0, 0.05) is 5.56 Å². The molecule has 1 unspecified atom stereocenters. The molecule has 0 bridgehead atoms. The Labute approximate surface area is 147 Å². The molecule has 0 saturated carbocycles. The Morgan fingerprint density at radius 3 is 2.40 bits per heavy atom. The molecular formula is C19H22N2O4. The van der Waals surface area contributed by atoms with Crippen LogP contribution in [0.2, 0.25) is 0 Å². The first-order valence-electron chi connectivity index (χ1n) is 7.97. The van der Waals surface area contributed by atoms with Crippen LogP contribution in [0.25, 0.3) is 0 Å². The molecule has 2 aromatic carbocycles. The fourth-order valence-corrected chi connectivity index (χ4v) is 2.29. The van der Waals surface area contributed by atoms with Gasteiger partial charge in [-0.25, -0.2) is 0 Å². The lowest BCUT2D eigenvalue weighted by molar-refractivity contribution is -0.127. The molecule has 0 saturated heterocycles. The van der Waals surface area contributed by atoms with Crippen molar-refractivity contribution in [2.75, 3.05) is 20.3 Å². The first-order chi connectivity index (χ1) is 12.1. The number of para-hydroxylation sites is 2. The van der Waals surface area contributed by atoms with Crippen molar-refractivity contribution in [2.24, 2.45) is 0 Å². The first-order valence-corrected chi connectivity index (χ1v) is 7.97. The minimum atomic E-state index is -0.357. The Bertz CT molecular complexity index is 704. The van der Waals surface area contributed by atoms with Crippen LogP contribution in [0.4, 0.5) is 0 Å². The Balaban J connectivity index is 1.75. The standard InChI is InChI=1S/C19H22N2O4/c1-14(16-10-6-7-11-17(16)24-2)21-18(22)12-20-19(23)13-25-15-8-4-3-5-9-15/h3-11,14H,12-13H2,1-2H3,(H,20,23)(H,21,22). The number of hydrogen-bond donors (Lipinski definition) is 2. The van der Waals surface area contributed by atoms with Gasteiger partial charge in [-0.3, -0.25) is 9.59 Å². The van der Waals surface area contributed by atoms with E-state index in [1.807, 2.05) is 49.4 Å². The number of rotatable bonds is 8. The Kier molecular flexibility index (Phi) is 6.83. The van der Waals surface area contributed by atoms with Crippen LogP contribution in [0, 0.1) is 0 Å². The molecule has 1 atom stereocenters. The molecule has 2 N–H and O–H groups in total. The maximum absolute atomic E-state index is 12.0. The first kappa shape index (κ1) is 18.3. The highest BCUT2D eigenvalue weighted by Gasteiger charge is 2.14. The van der Waals surface area contributed by atoms with Crippen LogP contribution in [-0.4, -0.2) is 32.1 Å². The van der Waals surface area contributed by atoms with Gasteiger partial charge in [0.1, 0.15) is 11.5 Å². The van der Waals surface area contributed by atoms with E-state index in [0.29, 0.717) is 11.5 Å². The number of benzene rings is 2. The zero-order chi connectivity index (χ0) is 18.1. The molecule has 0 radical (unpaired) electrons. The van der Waals surface area contributed by atoms with Crippen molar-refractivity contribution in [2.45, 2.75) is 13.0 Å². The van der Waals surface area contributed by atoms with Gasteiger partial charge in [0.2, 0.25) is 5.91 Å². The largest absolute Gasteiger partial charge is 0.496 e. The predicted molar refractivity (Wildman–Crippen MR) is 94.5 cm³/mol. The third-order valence-corrected chi connectivity index (χ3v) is 3.54. The number of nitrogens with one attached hydrogen (secondary N) is 2. The molecule has 0 aliphatic heterocycles. The fourth-order valence-electron chi connectivity index (χ4n) is 2.29. The minimum Gasteiger partial charge on any atom is -0.496 e. The summed E-state index contributed by atoms with van der Waals surface area (Å²) < 4.78 is 10.6. The number of methoxy groups -OCH3 is 1. The summed E-state index contributed by atoms with van der Waals surface area (Å²) in [6, 6.07) is 16.2. The predicted octanol–water partition coefficient (Wildman–Crippen LogP) is 2.07. The summed E-state index contributed by atoms with van der Waals surface area (Å²) in [7, 11) is 1.58. The lowest BCUT2D eigenvalue weighted by atomic mass is 10.1. The molecule has 6 heteroatoms. The second-order valence-electron chi connectivity index (χ2n) is 5.41. The highest BCUT2D eigenvalue weighted by atomic mass is 16.5. The Morgan fingerprint density at radius 1 is 1.00 bits per heavy atom. The van der Waals surface area contributed by atoms with Gasteiger partial charge >= 0.3 is 0 Å². The molecule has 0 heterocycles. The van der Waals surface area contributed by atoms with Crippen LogP contribution in [0.5, 0.6) is 11.5 Å². The van der Waals surface area contributed by atoms with Gasteiger partial charge in [0.25, 0.3) is 5.91 Å². The molecule has 0 aliphatic carbocycles. The van der Waals surface area contributed by atoms with Gasteiger partial charge in [-0.2, -0.15) is 0 Å². The maximum Gasteiger partial charge on any atom is 0.258 e. The lowest BCUT2D eigenvalue weighted by Crippen LogP contribution is -2.39. The second-order valence-corrected chi connectivity index (χ2v) is 5.41. The molecule has 0 spiro atoms. The van der Waals surface area contributed by atoms with Crippen LogP contribution < -0.4 is 20.1 Å². The summed E-state index contributed by atoms with van der Waals surface area (Å²) in [4.78, 5) is 23.7. The number of amides is 2. The normalized spacial score (nSPS) is 11.3. The molecule has 2 aromatic rings. The Morgan fingerprint density at radius 2 is 1.68 bits per heavy atom. The quantitative estimate of drug-likeness (QED) is 0.770. The van der Waals surface area contributed by atoms with Crippen molar-refractivity contribution in [3.63, 3.8) is 0 Å². The number of ether oxygens (including phenoxy) is 2. The van der Waals surface area contributed by atoms with Gasteiger partial charge in [-0.1, -0.05) is 36.4 Å². The summed E-state index contributed by atoms with van der Waals surface area (Å²) in [5.41, 5.74) is 0.872. The van der Waals surface area contributed by atoms with Crippen molar-refractivity contribution >= 4 is 11.8 Å². The third-order valence-electron chi connectivity index (χ3n) is 3.54. The molecular weight excluding hydrogens is 320 g/mol. The van der Waals surface area contributed by atoms with Gasteiger partial charge in [-0.05, 0) is 25.1 Å².